The molecule has 0 unspecified atom stereocenters. The Hall–Kier alpha value is -3.20. The van der Waals surface area contributed by atoms with Gasteiger partial charge in [0.05, 0.1) is 6.26 Å². The van der Waals surface area contributed by atoms with E-state index in [2.05, 4.69) is 15.3 Å². The number of hydrogen-bond donors (Lipinski definition) is 1. The van der Waals surface area contributed by atoms with Crippen LogP contribution in [0.5, 0.6) is 0 Å². The second-order valence-corrected chi connectivity index (χ2v) is 6.48. The van der Waals surface area contributed by atoms with Crippen molar-refractivity contribution in [1.29, 1.82) is 0 Å². The first-order chi connectivity index (χ1) is 12.9. The summed E-state index contributed by atoms with van der Waals surface area (Å²) >= 11 is 1.32. The number of nitrogens with zero attached hydrogens (tertiary/aromatic N) is 2. The fourth-order valence-corrected chi connectivity index (χ4v) is 3.30. The van der Waals surface area contributed by atoms with Crippen LogP contribution in [0.15, 0.2) is 58.5 Å². The zero-order chi connectivity index (χ0) is 19.0. The maximum atomic E-state index is 13.3. The first kappa shape index (κ1) is 17.2. The second-order valence-electron chi connectivity index (χ2n) is 5.53. The topological polar surface area (TPSA) is 68.0 Å². The van der Waals surface area contributed by atoms with Gasteiger partial charge in [-0.3, -0.25) is 4.79 Å². The number of alkyl halides is 3. The van der Waals surface area contributed by atoms with E-state index in [4.69, 9.17) is 4.42 Å². The van der Waals surface area contributed by atoms with Gasteiger partial charge in [-0.25, -0.2) is 9.97 Å². The van der Waals surface area contributed by atoms with E-state index in [1.807, 2.05) is 0 Å². The van der Waals surface area contributed by atoms with E-state index in [0.29, 0.717) is 15.8 Å². The molecule has 0 atom stereocenters. The molecule has 9 heteroatoms. The Morgan fingerprint density at radius 1 is 1.11 bits per heavy atom. The lowest BCUT2D eigenvalue weighted by Crippen LogP contribution is -2.13. The number of carbonyl (C=O) groups excluding carboxylic acids is 1. The molecule has 4 rings (SSSR count). The maximum Gasteiger partial charge on any atom is 0.433 e. The molecular weight excluding hydrogens is 379 g/mol. The third kappa shape index (κ3) is 3.41. The van der Waals surface area contributed by atoms with Crippen LogP contribution < -0.4 is 5.32 Å². The largest absolute Gasteiger partial charge is 0.459 e. The summed E-state index contributed by atoms with van der Waals surface area (Å²) < 4.78 is 44.8. The number of nitrogens with one attached hydrogen (secondary N) is 1. The van der Waals surface area contributed by atoms with Gasteiger partial charge in [-0.05, 0) is 41.8 Å². The highest BCUT2D eigenvalue weighted by atomic mass is 32.1. The van der Waals surface area contributed by atoms with E-state index in [0.717, 1.165) is 6.07 Å². The van der Waals surface area contributed by atoms with Gasteiger partial charge in [-0.15, -0.1) is 11.3 Å². The molecule has 1 amide bonds. The van der Waals surface area contributed by atoms with Crippen molar-refractivity contribution in [2.45, 2.75) is 6.18 Å². The Balaban J connectivity index is 1.81. The third-order valence-corrected chi connectivity index (χ3v) is 4.64. The Labute approximate surface area is 154 Å². The van der Waals surface area contributed by atoms with Gasteiger partial charge in [0.2, 0.25) is 0 Å². The molecule has 4 heterocycles. The van der Waals surface area contributed by atoms with E-state index in [1.165, 1.54) is 29.7 Å². The number of amides is 1. The highest BCUT2D eigenvalue weighted by Crippen LogP contribution is 2.36. The predicted molar refractivity (Wildman–Crippen MR) is 94.5 cm³/mol. The summed E-state index contributed by atoms with van der Waals surface area (Å²) in [6.07, 6.45) is -3.28. The first-order valence-electron chi connectivity index (χ1n) is 7.69. The number of rotatable bonds is 3. The van der Waals surface area contributed by atoms with Crippen LogP contribution >= 0.6 is 11.3 Å². The van der Waals surface area contributed by atoms with Crippen LogP contribution in [0.25, 0.3) is 21.5 Å². The van der Waals surface area contributed by atoms with Crippen molar-refractivity contribution in [3.8, 4) is 10.4 Å². The van der Waals surface area contributed by atoms with Crippen LogP contribution in [0, 0.1) is 0 Å². The van der Waals surface area contributed by atoms with E-state index in [9.17, 15) is 18.0 Å². The zero-order valence-corrected chi connectivity index (χ0v) is 14.3. The summed E-state index contributed by atoms with van der Waals surface area (Å²) in [6, 6.07) is 10.6. The molecule has 0 radical (unpaired) electrons. The molecular formula is C18H10F3N3O2S. The Kier molecular flexibility index (Phi) is 4.15. The van der Waals surface area contributed by atoms with Gasteiger partial charge >= 0.3 is 6.18 Å². The van der Waals surface area contributed by atoms with Crippen LogP contribution in [0.2, 0.25) is 0 Å². The van der Waals surface area contributed by atoms with Gasteiger partial charge in [0.1, 0.15) is 11.5 Å². The lowest BCUT2D eigenvalue weighted by atomic mass is 10.1. The molecule has 0 spiro atoms. The minimum absolute atomic E-state index is 0.0631. The van der Waals surface area contributed by atoms with Crippen molar-refractivity contribution in [2.24, 2.45) is 0 Å². The predicted octanol–water partition coefficient (Wildman–Crippen LogP) is 5.22. The molecule has 0 aromatic carbocycles. The molecule has 0 aliphatic rings. The number of pyridine rings is 2. The van der Waals surface area contributed by atoms with Gasteiger partial charge in [0, 0.05) is 15.8 Å². The van der Waals surface area contributed by atoms with E-state index in [-0.39, 0.29) is 17.2 Å². The number of aromatic nitrogens is 2. The number of halogens is 3. The van der Waals surface area contributed by atoms with Crippen LogP contribution in [0.1, 0.15) is 16.2 Å². The van der Waals surface area contributed by atoms with Crippen molar-refractivity contribution in [3.05, 3.63) is 65.6 Å². The third-order valence-electron chi connectivity index (χ3n) is 3.74. The summed E-state index contributed by atoms with van der Waals surface area (Å²) in [5.41, 5.74) is -0.760. The Bertz CT molecular complexity index is 1110. The van der Waals surface area contributed by atoms with Gasteiger partial charge in [0.15, 0.2) is 11.4 Å². The van der Waals surface area contributed by atoms with Gasteiger partial charge in [-0.2, -0.15) is 13.2 Å². The molecule has 0 saturated heterocycles. The summed E-state index contributed by atoms with van der Waals surface area (Å²) in [4.78, 5) is 20.4. The number of carbonyl (C=O) groups is 1. The van der Waals surface area contributed by atoms with Crippen molar-refractivity contribution < 1.29 is 22.4 Å². The molecule has 4 aromatic rings. The highest BCUT2D eigenvalue weighted by molar-refractivity contribution is 7.13. The molecule has 1 N–H and O–H groups in total. The van der Waals surface area contributed by atoms with E-state index >= 15 is 0 Å². The smallest absolute Gasteiger partial charge is 0.433 e. The number of anilines is 1. The Morgan fingerprint density at radius 3 is 2.63 bits per heavy atom. The number of fused-ring (bicyclic) bond motifs is 1. The molecule has 0 aliphatic carbocycles. The molecule has 0 bridgehead atoms. The maximum absolute atomic E-state index is 13.3. The van der Waals surface area contributed by atoms with Crippen LogP contribution in [-0.4, -0.2) is 15.9 Å². The normalized spacial score (nSPS) is 11.7. The van der Waals surface area contributed by atoms with Crippen LogP contribution in [0.4, 0.5) is 19.0 Å². The Morgan fingerprint density at radius 2 is 1.96 bits per heavy atom. The molecule has 0 fully saturated rings. The number of furan rings is 1. The summed E-state index contributed by atoms with van der Waals surface area (Å²) in [7, 11) is 0. The van der Waals surface area contributed by atoms with Crippen molar-refractivity contribution in [3.63, 3.8) is 0 Å². The minimum atomic E-state index is -4.62. The van der Waals surface area contributed by atoms with Gasteiger partial charge in [-0.1, -0.05) is 6.07 Å². The number of hydrogen-bond acceptors (Lipinski definition) is 5. The second kappa shape index (κ2) is 6.51. The van der Waals surface area contributed by atoms with E-state index in [1.54, 1.807) is 29.6 Å². The SMILES string of the molecule is O=C(Nc1ccc2c(-c3cccs3)cc(C(F)(F)F)nc2n1)c1ccco1. The fraction of sp³-hybridized carbons (Fsp3) is 0.0556. The molecule has 4 aromatic heterocycles. The first-order valence-corrected chi connectivity index (χ1v) is 8.57. The lowest BCUT2D eigenvalue weighted by molar-refractivity contribution is -0.140. The monoisotopic (exact) mass is 389 g/mol. The minimum Gasteiger partial charge on any atom is -0.459 e. The van der Waals surface area contributed by atoms with Gasteiger partial charge in [0.25, 0.3) is 5.91 Å². The quantitative estimate of drug-likeness (QED) is 0.521. The van der Waals surface area contributed by atoms with Crippen molar-refractivity contribution in [2.75, 3.05) is 5.32 Å². The van der Waals surface area contributed by atoms with Crippen molar-refractivity contribution >= 4 is 34.1 Å². The molecule has 27 heavy (non-hydrogen) atoms. The lowest BCUT2D eigenvalue weighted by Gasteiger charge is -2.11. The molecule has 5 nitrogen and oxygen atoms in total. The van der Waals surface area contributed by atoms with Gasteiger partial charge < -0.3 is 9.73 Å². The average Bonchev–Trinajstić information content (AvgIpc) is 3.33. The molecule has 136 valence electrons. The van der Waals surface area contributed by atoms with E-state index < -0.39 is 17.8 Å². The van der Waals surface area contributed by atoms with Crippen LogP contribution in [-0.2, 0) is 6.18 Å². The zero-order valence-electron chi connectivity index (χ0n) is 13.4. The standard InChI is InChI=1S/C18H10F3N3O2S/c19-18(20,21)14-9-11(13-4-2-8-27-13)10-5-6-15(23-16(10)22-14)24-17(25)12-3-1-7-26-12/h1-9H,(H,22,23,24,25). The fourth-order valence-electron chi connectivity index (χ4n) is 2.54. The van der Waals surface area contributed by atoms with Crippen LogP contribution in [0.3, 0.4) is 0 Å². The summed E-state index contributed by atoms with van der Waals surface area (Å²) in [5, 5.41) is 4.72. The summed E-state index contributed by atoms with van der Waals surface area (Å²) in [5.74, 6) is -0.418. The number of thiophene rings is 1. The average molecular weight is 389 g/mol. The highest BCUT2D eigenvalue weighted by Gasteiger charge is 2.34. The molecule has 0 aliphatic heterocycles. The van der Waals surface area contributed by atoms with Crippen molar-refractivity contribution in [1.82, 2.24) is 9.97 Å². The molecule has 0 saturated carbocycles. The summed E-state index contributed by atoms with van der Waals surface area (Å²) in [6.45, 7) is 0.